The van der Waals surface area contributed by atoms with Gasteiger partial charge in [-0.15, -0.1) is 0 Å². The summed E-state index contributed by atoms with van der Waals surface area (Å²) >= 11 is 0. The van der Waals surface area contributed by atoms with Crippen molar-refractivity contribution in [1.82, 2.24) is 14.6 Å². The van der Waals surface area contributed by atoms with E-state index >= 15 is 0 Å². The van der Waals surface area contributed by atoms with Crippen LogP contribution in [-0.4, -0.2) is 14.6 Å². The monoisotopic (exact) mass is 243 g/mol. The smallest absolute Gasteiger partial charge is 0.257 e. The number of nitrogens with zero attached hydrogens (tertiary/aromatic N) is 2. The summed E-state index contributed by atoms with van der Waals surface area (Å²) < 4.78 is 14.3. The Bertz CT molecular complexity index is 743. The van der Waals surface area contributed by atoms with Gasteiger partial charge in [0.05, 0.1) is 0 Å². The molecule has 2 aromatic heterocycles. The summed E-state index contributed by atoms with van der Waals surface area (Å²) in [5, 5.41) is 6.92. The van der Waals surface area contributed by atoms with Crippen LogP contribution in [0.3, 0.4) is 0 Å². The van der Waals surface area contributed by atoms with Crippen LogP contribution in [0.5, 0.6) is 0 Å². The third-order valence-electron chi connectivity index (χ3n) is 2.79. The minimum absolute atomic E-state index is 0.127. The van der Waals surface area contributed by atoms with E-state index in [-0.39, 0.29) is 11.4 Å². The van der Waals surface area contributed by atoms with Gasteiger partial charge in [-0.2, -0.15) is 5.10 Å². The molecule has 0 saturated heterocycles. The number of H-pyrrole nitrogens is 1. The SMILES string of the molecule is O=c1cccc2[nH]nc(Cc3ccc(F)cc3)n12. The van der Waals surface area contributed by atoms with E-state index in [9.17, 15) is 9.18 Å². The molecule has 0 aliphatic carbocycles. The van der Waals surface area contributed by atoms with E-state index < -0.39 is 0 Å². The molecule has 0 fully saturated rings. The van der Waals surface area contributed by atoms with E-state index in [0.717, 1.165) is 5.56 Å². The zero-order valence-corrected chi connectivity index (χ0v) is 9.43. The van der Waals surface area contributed by atoms with Gasteiger partial charge < -0.3 is 0 Å². The van der Waals surface area contributed by atoms with E-state index in [1.165, 1.54) is 22.6 Å². The normalized spacial score (nSPS) is 10.9. The standard InChI is InChI=1S/C13H10FN3O/c14-10-6-4-9(5-7-10)8-12-16-15-11-2-1-3-13(18)17(11)12/h1-7,15H,8H2. The van der Waals surface area contributed by atoms with E-state index in [4.69, 9.17) is 0 Å². The molecule has 0 spiro atoms. The average molecular weight is 243 g/mol. The van der Waals surface area contributed by atoms with Crippen molar-refractivity contribution in [2.45, 2.75) is 6.42 Å². The van der Waals surface area contributed by atoms with Crippen molar-refractivity contribution in [3.63, 3.8) is 0 Å². The summed E-state index contributed by atoms with van der Waals surface area (Å²) in [6.07, 6.45) is 0.476. The van der Waals surface area contributed by atoms with Crippen molar-refractivity contribution >= 4 is 5.65 Å². The number of aromatic nitrogens is 3. The second-order valence-corrected chi connectivity index (χ2v) is 4.03. The largest absolute Gasteiger partial charge is 0.269 e. The van der Waals surface area contributed by atoms with Crippen molar-refractivity contribution in [1.29, 1.82) is 0 Å². The van der Waals surface area contributed by atoms with Gasteiger partial charge in [-0.3, -0.25) is 9.89 Å². The molecule has 0 amide bonds. The lowest BCUT2D eigenvalue weighted by Crippen LogP contribution is -2.13. The lowest BCUT2D eigenvalue weighted by molar-refractivity contribution is 0.627. The first-order chi connectivity index (χ1) is 8.74. The van der Waals surface area contributed by atoms with Crippen LogP contribution in [0.25, 0.3) is 5.65 Å². The molecule has 0 aliphatic heterocycles. The molecular weight excluding hydrogens is 233 g/mol. The van der Waals surface area contributed by atoms with Gasteiger partial charge in [0.25, 0.3) is 5.56 Å². The van der Waals surface area contributed by atoms with Crippen molar-refractivity contribution in [3.05, 3.63) is 70.0 Å². The highest BCUT2D eigenvalue weighted by molar-refractivity contribution is 5.38. The number of rotatable bonds is 2. The molecule has 3 rings (SSSR count). The number of aromatic amines is 1. The Labute approximate surface area is 102 Å². The minimum atomic E-state index is -0.275. The molecule has 90 valence electrons. The molecule has 0 saturated carbocycles. The summed E-state index contributed by atoms with van der Waals surface area (Å²) in [6.45, 7) is 0. The van der Waals surface area contributed by atoms with Gasteiger partial charge in [-0.25, -0.2) is 8.79 Å². The molecule has 1 N–H and O–H groups in total. The topological polar surface area (TPSA) is 50.2 Å². The Hall–Kier alpha value is -2.43. The van der Waals surface area contributed by atoms with Gasteiger partial charge in [0.1, 0.15) is 17.3 Å². The molecule has 1 aromatic carbocycles. The maximum Gasteiger partial charge on any atom is 0.257 e. The predicted molar refractivity (Wildman–Crippen MR) is 65.0 cm³/mol. The Balaban J connectivity index is 2.05. The lowest BCUT2D eigenvalue weighted by atomic mass is 10.1. The highest BCUT2D eigenvalue weighted by atomic mass is 19.1. The van der Waals surface area contributed by atoms with Crippen molar-refractivity contribution in [3.8, 4) is 0 Å². The van der Waals surface area contributed by atoms with Crippen molar-refractivity contribution < 1.29 is 4.39 Å². The van der Waals surface area contributed by atoms with Crippen LogP contribution in [0.15, 0.2) is 47.3 Å². The fourth-order valence-corrected chi connectivity index (χ4v) is 1.92. The highest BCUT2D eigenvalue weighted by Crippen LogP contribution is 2.09. The molecule has 0 aliphatic rings. The first-order valence-corrected chi connectivity index (χ1v) is 5.53. The lowest BCUT2D eigenvalue weighted by Gasteiger charge is -1.99. The van der Waals surface area contributed by atoms with Gasteiger partial charge in [-0.05, 0) is 23.8 Å². The zero-order valence-electron chi connectivity index (χ0n) is 9.43. The van der Waals surface area contributed by atoms with Gasteiger partial charge in [0, 0.05) is 12.5 Å². The zero-order chi connectivity index (χ0) is 12.5. The number of hydrogen-bond acceptors (Lipinski definition) is 2. The fraction of sp³-hybridized carbons (Fsp3) is 0.0769. The Morgan fingerprint density at radius 3 is 2.72 bits per heavy atom. The van der Waals surface area contributed by atoms with E-state index in [2.05, 4.69) is 10.2 Å². The number of hydrogen-bond donors (Lipinski definition) is 1. The molecule has 2 heterocycles. The molecule has 0 radical (unpaired) electrons. The molecule has 5 heteroatoms. The summed E-state index contributed by atoms with van der Waals surface area (Å²) in [7, 11) is 0. The first-order valence-electron chi connectivity index (χ1n) is 5.53. The van der Waals surface area contributed by atoms with E-state index in [1.54, 1.807) is 24.3 Å². The van der Waals surface area contributed by atoms with Crippen LogP contribution in [0.2, 0.25) is 0 Å². The van der Waals surface area contributed by atoms with Gasteiger partial charge in [-0.1, -0.05) is 18.2 Å². The predicted octanol–water partition coefficient (Wildman–Crippen LogP) is 1.75. The Morgan fingerprint density at radius 2 is 1.94 bits per heavy atom. The molecular formula is C13H10FN3O. The van der Waals surface area contributed by atoms with E-state index in [0.29, 0.717) is 17.9 Å². The van der Waals surface area contributed by atoms with Crippen LogP contribution < -0.4 is 5.56 Å². The number of halogens is 1. The molecule has 0 bridgehead atoms. The Kier molecular flexibility index (Phi) is 2.44. The van der Waals surface area contributed by atoms with E-state index in [1.807, 2.05) is 0 Å². The maximum absolute atomic E-state index is 12.8. The van der Waals surface area contributed by atoms with Crippen LogP contribution in [-0.2, 0) is 6.42 Å². The maximum atomic E-state index is 12.8. The summed E-state index contributed by atoms with van der Waals surface area (Å²) in [5.41, 5.74) is 1.43. The minimum Gasteiger partial charge on any atom is -0.269 e. The molecule has 0 atom stereocenters. The second kappa shape index (κ2) is 4.10. The van der Waals surface area contributed by atoms with Crippen LogP contribution in [0.1, 0.15) is 11.4 Å². The number of fused-ring (bicyclic) bond motifs is 1. The number of nitrogens with one attached hydrogen (secondary N) is 1. The fourth-order valence-electron chi connectivity index (χ4n) is 1.92. The summed E-state index contributed by atoms with van der Waals surface area (Å²) in [4.78, 5) is 11.7. The van der Waals surface area contributed by atoms with Crippen LogP contribution in [0, 0.1) is 5.82 Å². The second-order valence-electron chi connectivity index (χ2n) is 4.03. The molecule has 18 heavy (non-hydrogen) atoms. The molecule has 0 unspecified atom stereocenters. The molecule has 4 nitrogen and oxygen atoms in total. The average Bonchev–Trinajstić information content (AvgIpc) is 2.77. The summed E-state index contributed by atoms with van der Waals surface area (Å²) in [5.74, 6) is 0.338. The van der Waals surface area contributed by atoms with Gasteiger partial charge in [0.2, 0.25) is 0 Å². The Morgan fingerprint density at radius 1 is 1.17 bits per heavy atom. The quantitative estimate of drug-likeness (QED) is 0.745. The summed E-state index contributed by atoms with van der Waals surface area (Å²) in [6, 6.07) is 11.1. The molecule has 3 aromatic rings. The van der Waals surface area contributed by atoms with Crippen molar-refractivity contribution in [2.24, 2.45) is 0 Å². The van der Waals surface area contributed by atoms with Gasteiger partial charge >= 0.3 is 0 Å². The van der Waals surface area contributed by atoms with Crippen molar-refractivity contribution in [2.75, 3.05) is 0 Å². The number of benzene rings is 1. The van der Waals surface area contributed by atoms with Gasteiger partial charge in [0.15, 0.2) is 0 Å². The van der Waals surface area contributed by atoms with Crippen LogP contribution in [0.4, 0.5) is 4.39 Å². The van der Waals surface area contributed by atoms with Crippen LogP contribution >= 0.6 is 0 Å². The highest BCUT2D eigenvalue weighted by Gasteiger charge is 2.07. The third kappa shape index (κ3) is 1.79. The number of pyridine rings is 1. The third-order valence-corrected chi connectivity index (χ3v) is 2.79. The first kappa shape index (κ1) is 10.7.